The van der Waals surface area contributed by atoms with E-state index in [2.05, 4.69) is 82.8 Å². The summed E-state index contributed by atoms with van der Waals surface area (Å²) in [5.41, 5.74) is 3.29. The van der Waals surface area contributed by atoms with Crippen molar-refractivity contribution in [3.8, 4) is 5.75 Å². The van der Waals surface area contributed by atoms with Gasteiger partial charge in [0.25, 0.3) is 5.91 Å². The van der Waals surface area contributed by atoms with Gasteiger partial charge in [0, 0.05) is 37.2 Å². The molecule has 2 aliphatic heterocycles. The standard InChI is InChI=1S/C32H38ClN3O2/c1-35-18-14-27(15-19-35)34-32(37)26-12-13-31(30(33)22-26)38-28-16-20-36(21-17-28)23-29(24-8-4-2-5-9-24)25-10-6-3-7-11-25/h2-13,22,27-29H,14-21,23H2,1H3,(H,34,37). The van der Waals surface area contributed by atoms with Gasteiger partial charge in [0.1, 0.15) is 11.9 Å². The van der Waals surface area contributed by atoms with Crippen molar-refractivity contribution in [2.24, 2.45) is 0 Å². The van der Waals surface area contributed by atoms with E-state index in [0.717, 1.165) is 58.4 Å². The number of nitrogens with one attached hydrogen (secondary N) is 1. The number of amides is 1. The minimum atomic E-state index is -0.0623. The molecule has 0 aliphatic carbocycles. The van der Waals surface area contributed by atoms with Crippen LogP contribution in [0.1, 0.15) is 53.1 Å². The molecule has 5 nitrogen and oxygen atoms in total. The largest absolute Gasteiger partial charge is 0.489 e. The van der Waals surface area contributed by atoms with E-state index in [1.807, 2.05) is 12.1 Å². The van der Waals surface area contributed by atoms with Gasteiger partial charge in [-0.05, 0) is 75.1 Å². The van der Waals surface area contributed by atoms with Gasteiger partial charge < -0.3 is 19.9 Å². The first-order valence-corrected chi connectivity index (χ1v) is 14.2. The van der Waals surface area contributed by atoms with Gasteiger partial charge in [0.15, 0.2) is 0 Å². The molecule has 2 aliphatic rings. The highest BCUT2D eigenvalue weighted by Gasteiger charge is 2.25. The van der Waals surface area contributed by atoms with Crippen LogP contribution in [-0.4, -0.2) is 67.6 Å². The molecule has 2 fully saturated rings. The summed E-state index contributed by atoms with van der Waals surface area (Å²) >= 11 is 6.57. The number of rotatable bonds is 8. The molecule has 3 aromatic rings. The van der Waals surface area contributed by atoms with E-state index in [-0.39, 0.29) is 18.1 Å². The van der Waals surface area contributed by atoms with Crippen molar-refractivity contribution in [1.29, 1.82) is 0 Å². The van der Waals surface area contributed by atoms with Crippen LogP contribution in [0.2, 0.25) is 5.02 Å². The molecule has 1 N–H and O–H groups in total. The van der Waals surface area contributed by atoms with Crippen LogP contribution in [0.25, 0.3) is 0 Å². The van der Waals surface area contributed by atoms with E-state index < -0.39 is 0 Å². The van der Waals surface area contributed by atoms with Crippen molar-refractivity contribution in [1.82, 2.24) is 15.1 Å². The highest BCUT2D eigenvalue weighted by molar-refractivity contribution is 6.32. The first kappa shape index (κ1) is 26.7. The Morgan fingerprint density at radius 2 is 1.50 bits per heavy atom. The van der Waals surface area contributed by atoms with Crippen LogP contribution in [0, 0.1) is 0 Å². The average Bonchev–Trinajstić information content (AvgIpc) is 2.96. The Morgan fingerprint density at radius 1 is 0.895 bits per heavy atom. The van der Waals surface area contributed by atoms with Gasteiger partial charge in [-0.3, -0.25) is 4.79 Å². The Hall–Kier alpha value is -2.86. The molecule has 0 saturated carbocycles. The summed E-state index contributed by atoms with van der Waals surface area (Å²) in [6, 6.07) is 27.2. The molecular weight excluding hydrogens is 494 g/mol. The fourth-order valence-electron chi connectivity index (χ4n) is 5.58. The van der Waals surface area contributed by atoms with E-state index in [4.69, 9.17) is 16.3 Å². The quantitative estimate of drug-likeness (QED) is 0.396. The van der Waals surface area contributed by atoms with E-state index in [0.29, 0.717) is 22.3 Å². The maximum atomic E-state index is 12.7. The number of carbonyl (C=O) groups is 1. The first-order valence-electron chi connectivity index (χ1n) is 13.8. The number of hydrogen-bond acceptors (Lipinski definition) is 4. The molecule has 0 atom stereocenters. The van der Waals surface area contributed by atoms with Gasteiger partial charge in [-0.25, -0.2) is 0 Å². The van der Waals surface area contributed by atoms with E-state index in [1.54, 1.807) is 6.07 Å². The molecule has 6 heteroatoms. The number of piperidine rings is 2. The second-order valence-corrected chi connectivity index (χ2v) is 11.1. The molecule has 2 saturated heterocycles. The van der Waals surface area contributed by atoms with Crippen molar-refractivity contribution in [2.45, 2.75) is 43.7 Å². The SMILES string of the molecule is CN1CCC(NC(=O)c2ccc(OC3CCN(CC(c4ccccc4)c4ccccc4)CC3)c(Cl)c2)CC1. The van der Waals surface area contributed by atoms with E-state index in [9.17, 15) is 4.79 Å². The monoisotopic (exact) mass is 531 g/mol. The normalized spacial score (nSPS) is 18.0. The van der Waals surface area contributed by atoms with Gasteiger partial charge in [-0.15, -0.1) is 0 Å². The van der Waals surface area contributed by atoms with Crippen LogP contribution in [0.5, 0.6) is 5.75 Å². The third kappa shape index (κ3) is 6.96. The van der Waals surface area contributed by atoms with Crippen LogP contribution in [0.15, 0.2) is 78.9 Å². The van der Waals surface area contributed by atoms with E-state index >= 15 is 0 Å². The van der Waals surface area contributed by atoms with Crippen molar-refractivity contribution in [2.75, 3.05) is 39.8 Å². The van der Waals surface area contributed by atoms with Crippen molar-refractivity contribution in [3.05, 3.63) is 101 Å². The first-order chi connectivity index (χ1) is 18.5. The van der Waals surface area contributed by atoms with Crippen molar-refractivity contribution in [3.63, 3.8) is 0 Å². The predicted octanol–water partition coefficient (Wildman–Crippen LogP) is 5.84. The van der Waals surface area contributed by atoms with Crippen LogP contribution in [0.3, 0.4) is 0 Å². The van der Waals surface area contributed by atoms with Gasteiger partial charge in [0.05, 0.1) is 5.02 Å². The second-order valence-electron chi connectivity index (χ2n) is 10.7. The predicted molar refractivity (Wildman–Crippen MR) is 154 cm³/mol. The summed E-state index contributed by atoms with van der Waals surface area (Å²) in [4.78, 5) is 17.6. The maximum Gasteiger partial charge on any atom is 0.251 e. The third-order valence-electron chi connectivity index (χ3n) is 7.92. The highest BCUT2D eigenvalue weighted by Crippen LogP contribution is 2.30. The number of likely N-dealkylation sites (tertiary alicyclic amines) is 2. The zero-order valence-electron chi connectivity index (χ0n) is 22.2. The fourth-order valence-corrected chi connectivity index (χ4v) is 5.81. The van der Waals surface area contributed by atoms with Crippen LogP contribution >= 0.6 is 11.6 Å². The Kier molecular flexibility index (Phi) is 9.00. The number of carbonyl (C=O) groups excluding carboxylic acids is 1. The molecule has 0 spiro atoms. The molecule has 0 bridgehead atoms. The maximum absolute atomic E-state index is 12.7. The second kappa shape index (κ2) is 12.8. The third-order valence-corrected chi connectivity index (χ3v) is 8.22. The molecule has 5 rings (SSSR count). The molecule has 0 unspecified atom stereocenters. The summed E-state index contributed by atoms with van der Waals surface area (Å²) in [6.45, 7) is 4.97. The van der Waals surface area contributed by atoms with Crippen LogP contribution in [-0.2, 0) is 0 Å². The smallest absolute Gasteiger partial charge is 0.251 e. The van der Waals surface area contributed by atoms with Crippen molar-refractivity contribution >= 4 is 17.5 Å². The van der Waals surface area contributed by atoms with Crippen LogP contribution < -0.4 is 10.1 Å². The molecule has 1 amide bonds. The zero-order chi connectivity index (χ0) is 26.3. The zero-order valence-corrected chi connectivity index (χ0v) is 22.9. The number of nitrogens with zero attached hydrogens (tertiary/aromatic N) is 2. The molecule has 0 aromatic heterocycles. The summed E-state index contributed by atoms with van der Waals surface area (Å²) < 4.78 is 6.31. The minimum Gasteiger partial charge on any atom is -0.489 e. The summed E-state index contributed by atoms with van der Waals surface area (Å²) in [5, 5.41) is 3.65. The summed E-state index contributed by atoms with van der Waals surface area (Å²) in [5.74, 6) is 0.942. The average molecular weight is 532 g/mol. The highest BCUT2D eigenvalue weighted by atomic mass is 35.5. The summed E-state index contributed by atoms with van der Waals surface area (Å²) in [6.07, 6.45) is 3.98. The lowest BCUT2D eigenvalue weighted by Gasteiger charge is -2.35. The lowest BCUT2D eigenvalue weighted by atomic mass is 9.90. The molecule has 3 aromatic carbocycles. The summed E-state index contributed by atoms with van der Waals surface area (Å²) in [7, 11) is 2.12. The lowest BCUT2D eigenvalue weighted by molar-refractivity contribution is 0.0916. The van der Waals surface area contributed by atoms with Gasteiger partial charge in [-0.1, -0.05) is 72.3 Å². The lowest BCUT2D eigenvalue weighted by Crippen LogP contribution is -2.43. The molecular formula is C32H38ClN3O2. The van der Waals surface area contributed by atoms with Crippen molar-refractivity contribution < 1.29 is 9.53 Å². The van der Waals surface area contributed by atoms with Crippen LogP contribution in [0.4, 0.5) is 0 Å². The number of benzene rings is 3. The Morgan fingerprint density at radius 3 is 2.08 bits per heavy atom. The Labute approximate surface area is 231 Å². The molecule has 200 valence electrons. The number of hydrogen-bond donors (Lipinski definition) is 1. The number of halogens is 1. The fraction of sp³-hybridized carbons (Fsp3) is 0.406. The Balaban J connectivity index is 1.14. The Bertz CT molecular complexity index is 1130. The van der Waals surface area contributed by atoms with Gasteiger partial charge in [0.2, 0.25) is 0 Å². The molecule has 2 heterocycles. The number of ether oxygens (including phenoxy) is 1. The minimum absolute atomic E-state index is 0.0623. The topological polar surface area (TPSA) is 44.8 Å². The van der Waals surface area contributed by atoms with Gasteiger partial charge in [-0.2, -0.15) is 0 Å². The van der Waals surface area contributed by atoms with Gasteiger partial charge >= 0.3 is 0 Å². The van der Waals surface area contributed by atoms with E-state index in [1.165, 1.54) is 11.1 Å². The molecule has 38 heavy (non-hydrogen) atoms. The molecule has 0 radical (unpaired) electrons.